The van der Waals surface area contributed by atoms with Gasteiger partial charge >= 0.3 is 0 Å². The predicted molar refractivity (Wildman–Crippen MR) is 87.7 cm³/mol. The van der Waals surface area contributed by atoms with Gasteiger partial charge in [-0.2, -0.15) is 5.10 Å². The lowest BCUT2D eigenvalue weighted by Gasteiger charge is -2.04. The van der Waals surface area contributed by atoms with Gasteiger partial charge in [-0.1, -0.05) is 26.5 Å². The van der Waals surface area contributed by atoms with Crippen molar-refractivity contribution in [1.29, 1.82) is 0 Å². The van der Waals surface area contributed by atoms with Gasteiger partial charge in [0.1, 0.15) is 0 Å². The van der Waals surface area contributed by atoms with E-state index in [1.54, 1.807) is 0 Å². The minimum absolute atomic E-state index is 0.375. The van der Waals surface area contributed by atoms with Crippen LogP contribution in [0.5, 0.6) is 0 Å². The monoisotopic (exact) mass is 277 g/mol. The zero-order chi connectivity index (χ0) is 15.0. The molecule has 2 aromatic heterocycles. The fourth-order valence-corrected chi connectivity index (χ4v) is 2.48. The summed E-state index contributed by atoms with van der Waals surface area (Å²) in [6.07, 6.45) is 3.88. The van der Waals surface area contributed by atoms with Gasteiger partial charge in [-0.05, 0) is 42.7 Å². The highest BCUT2D eigenvalue weighted by atomic mass is 15.3. The summed E-state index contributed by atoms with van der Waals surface area (Å²) in [6.45, 7) is 10.4. The van der Waals surface area contributed by atoms with Crippen molar-refractivity contribution in [2.24, 2.45) is 0 Å². The Labute approximate surface area is 124 Å². The molecule has 0 saturated carbocycles. The van der Waals surface area contributed by atoms with Crippen molar-refractivity contribution < 1.29 is 0 Å². The first-order chi connectivity index (χ1) is 10.1. The zero-order valence-electron chi connectivity index (χ0n) is 12.7. The van der Waals surface area contributed by atoms with Gasteiger partial charge in [0, 0.05) is 23.3 Å². The number of nitrogens with zero attached hydrogens (tertiary/aromatic N) is 3. The van der Waals surface area contributed by atoms with E-state index in [0.29, 0.717) is 5.92 Å². The third kappa shape index (κ3) is 2.47. The van der Waals surface area contributed by atoms with E-state index in [-0.39, 0.29) is 0 Å². The van der Waals surface area contributed by atoms with Crippen LogP contribution >= 0.6 is 0 Å². The Balaban J connectivity index is 2.14. The molecule has 3 rings (SSSR count). The van der Waals surface area contributed by atoms with Gasteiger partial charge in [0.2, 0.25) is 0 Å². The normalized spacial score (nSPS) is 11.2. The molecule has 0 saturated heterocycles. The van der Waals surface area contributed by atoms with E-state index in [2.05, 4.69) is 49.8 Å². The molecule has 0 aliphatic heterocycles. The quantitative estimate of drug-likeness (QED) is 0.701. The number of allylic oxidation sites excluding steroid dienone is 1. The van der Waals surface area contributed by atoms with E-state index in [4.69, 9.17) is 5.10 Å². The summed E-state index contributed by atoms with van der Waals surface area (Å²) < 4.78 is 1.94. The van der Waals surface area contributed by atoms with Crippen molar-refractivity contribution in [3.8, 4) is 5.69 Å². The second-order valence-electron chi connectivity index (χ2n) is 5.69. The maximum atomic E-state index is 4.74. The van der Waals surface area contributed by atoms with Gasteiger partial charge in [0.15, 0.2) is 0 Å². The summed E-state index contributed by atoms with van der Waals surface area (Å²) in [5.41, 5.74) is 5.32. The largest absolute Gasteiger partial charge is 0.256 e. The van der Waals surface area contributed by atoms with Crippen molar-refractivity contribution in [3.63, 3.8) is 0 Å². The molecule has 0 fully saturated rings. The minimum atomic E-state index is 0.375. The Kier molecular flexibility index (Phi) is 3.34. The lowest BCUT2D eigenvalue weighted by Crippen LogP contribution is -1.97. The van der Waals surface area contributed by atoms with Crippen molar-refractivity contribution in [1.82, 2.24) is 14.8 Å². The van der Waals surface area contributed by atoms with Crippen LogP contribution in [0.2, 0.25) is 0 Å². The Morgan fingerprint density at radius 3 is 2.71 bits per heavy atom. The van der Waals surface area contributed by atoms with E-state index in [1.807, 2.05) is 29.9 Å². The highest BCUT2D eigenvalue weighted by Crippen LogP contribution is 2.25. The number of hydrogen-bond acceptors (Lipinski definition) is 2. The number of rotatable bonds is 3. The average molecular weight is 277 g/mol. The molecule has 0 spiro atoms. The smallest absolute Gasteiger partial charge is 0.0729 e. The van der Waals surface area contributed by atoms with Gasteiger partial charge in [-0.3, -0.25) is 4.98 Å². The molecule has 21 heavy (non-hydrogen) atoms. The van der Waals surface area contributed by atoms with Crippen molar-refractivity contribution in [2.75, 3.05) is 0 Å². The van der Waals surface area contributed by atoms with Crippen LogP contribution in [-0.2, 0) is 0 Å². The Morgan fingerprint density at radius 2 is 2.05 bits per heavy atom. The summed E-state index contributed by atoms with van der Waals surface area (Å²) in [7, 11) is 0. The molecule has 0 aliphatic rings. The first-order valence-corrected chi connectivity index (χ1v) is 7.17. The van der Waals surface area contributed by atoms with Crippen LogP contribution in [0.4, 0.5) is 0 Å². The number of benzene rings is 1. The van der Waals surface area contributed by atoms with E-state index in [1.165, 1.54) is 0 Å². The molecule has 0 amide bonds. The molecular formula is C18H19N3. The molecule has 0 bridgehead atoms. The summed E-state index contributed by atoms with van der Waals surface area (Å²) in [6, 6.07) is 10.2. The van der Waals surface area contributed by atoms with Gasteiger partial charge < -0.3 is 0 Å². The second-order valence-corrected chi connectivity index (χ2v) is 5.69. The molecular weight excluding hydrogens is 258 g/mol. The van der Waals surface area contributed by atoms with Crippen LogP contribution in [0.25, 0.3) is 22.2 Å². The van der Waals surface area contributed by atoms with Gasteiger partial charge in [-0.15, -0.1) is 0 Å². The summed E-state index contributed by atoms with van der Waals surface area (Å²) in [4.78, 5) is 4.35. The highest BCUT2D eigenvalue weighted by Gasteiger charge is 2.13. The van der Waals surface area contributed by atoms with Crippen LogP contribution in [0.15, 0.2) is 49.3 Å². The number of fused-ring (bicyclic) bond motifs is 1. The first kappa shape index (κ1) is 13.6. The maximum Gasteiger partial charge on any atom is 0.0729 e. The number of pyridine rings is 1. The van der Waals surface area contributed by atoms with Crippen LogP contribution in [0, 0.1) is 0 Å². The fraction of sp³-hybridized carbons (Fsp3) is 0.222. The van der Waals surface area contributed by atoms with Gasteiger partial charge in [-0.25, -0.2) is 4.68 Å². The Morgan fingerprint density at radius 1 is 1.24 bits per heavy atom. The Hall–Kier alpha value is -2.42. The molecule has 0 unspecified atom stereocenters. The lowest BCUT2D eigenvalue weighted by molar-refractivity contribution is 0.767. The molecule has 0 atom stereocenters. The highest BCUT2D eigenvalue weighted by molar-refractivity contribution is 5.80. The topological polar surface area (TPSA) is 30.7 Å². The summed E-state index contributed by atoms with van der Waals surface area (Å²) in [5.74, 6) is 0.375. The van der Waals surface area contributed by atoms with E-state index in [9.17, 15) is 0 Å². The maximum absolute atomic E-state index is 4.74. The Bertz CT molecular complexity index is 812. The molecule has 3 nitrogen and oxygen atoms in total. The molecule has 1 aromatic carbocycles. The summed E-state index contributed by atoms with van der Waals surface area (Å²) in [5, 5.41) is 5.86. The molecule has 106 valence electrons. The molecule has 3 aromatic rings. The van der Waals surface area contributed by atoms with E-state index >= 15 is 0 Å². The number of aromatic nitrogens is 3. The van der Waals surface area contributed by atoms with Crippen molar-refractivity contribution >= 4 is 16.5 Å². The predicted octanol–water partition coefficient (Wildman–Crippen LogP) is 4.58. The van der Waals surface area contributed by atoms with Crippen LogP contribution in [0.1, 0.15) is 37.9 Å². The minimum Gasteiger partial charge on any atom is -0.256 e. The molecule has 0 radical (unpaired) electrons. The van der Waals surface area contributed by atoms with E-state index < -0.39 is 0 Å². The van der Waals surface area contributed by atoms with Crippen molar-refractivity contribution in [2.45, 2.75) is 26.7 Å². The molecule has 3 heteroatoms. The number of hydrogen-bond donors (Lipinski definition) is 0. The van der Waals surface area contributed by atoms with Crippen LogP contribution in [0.3, 0.4) is 0 Å². The van der Waals surface area contributed by atoms with E-state index in [0.717, 1.165) is 33.4 Å². The lowest BCUT2D eigenvalue weighted by atomic mass is 10.0. The third-order valence-corrected chi connectivity index (χ3v) is 3.60. The van der Waals surface area contributed by atoms with Gasteiger partial charge in [0.25, 0.3) is 0 Å². The molecule has 0 aliphatic carbocycles. The SMILES string of the molecule is C=C(C)c1cn(-c2ccc3ncccc3c2)nc1C(C)C. The molecule has 2 heterocycles. The zero-order valence-corrected chi connectivity index (χ0v) is 12.7. The summed E-state index contributed by atoms with van der Waals surface area (Å²) >= 11 is 0. The average Bonchev–Trinajstić information content (AvgIpc) is 2.92. The van der Waals surface area contributed by atoms with Crippen LogP contribution < -0.4 is 0 Å². The standard InChI is InChI=1S/C18H19N3/c1-12(2)16-11-21(20-18(16)13(3)4)15-7-8-17-14(10-15)6-5-9-19-17/h5-11,13H,1H2,2-4H3. The fourth-order valence-electron chi connectivity index (χ4n) is 2.48. The van der Waals surface area contributed by atoms with Crippen molar-refractivity contribution in [3.05, 3.63) is 60.6 Å². The second kappa shape index (κ2) is 5.17. The van der Waals surface area contributed by atoms with Crippen LogP contribution in [-0.4, -0.2) is 14.8 Å². The van der Waals surface area contributed by atoms with Gasteiger partial charge in [0.05, 0.1) is 16.9 Å². The third-order valence-electron chi connectivity index (χ3n) is 3.60. The molecule has 0 N–H and O–H groups in total. The first-order valence-electron chi connectivity index (χ1n) is 7.17.